The molecule has 174 valence electrons. The second-order valence-corrected chi connectivity index (χ2v) is 11.1. The number of carbonyl (C=O) groups is 3. The third-order valence-corrected chi connectivity index (χ3v) is 7.37. The first-order valence-electron chi connectivity index (χ1n) is 10.9. The van der Waals surface area contributed by atoms with Gasteiger partial charge in [-0.1, -0.05) is 32.5 Å². The monoisotopic (exact) mass is 485 g/mol. The van der Waals surface area contributed by atoms with E-state index in [2.05, 4.69) is 46.3 Å². The average molecular weight is 486 g/mol. The third-order valence-electron chi connectivity index (χ3n) is 5.40. The Labute approximate surface area is 201 Å². The second-order valence-electron chi connectivity index (χ2n) is 9.10. The first-order valence-corrected chi connectivity index (χ1v) is 12.7. The Balaban J connectivity index is 1.28. The number of hydrogen-bond donors (Lipinski definition) is 2. The van der Waals surface area contributed by atoms with Crippen molar-refractivity contribution in [1.29, 1.82) is 0 Å². The van der Waals surface area contributed by atoms with Crippen LogP contribution in [0.5, 0.6) is 0 Å². The summed E-state index contributed by atoms with van der Waals surface area (Å²) in [7, 11) is 0. The van der Waals surface area contributed by atoms with Gasteiger partial charge in [-0.05, 0) is 37.1 Å². The first-order chi connectivity index (χ1) is 15.7. The summed E-state index contributed by atoms with van der Waals surface area (Å²) in [5.41, 5.74) is 1.88. The van der Waals surface area contributed by atoms with Gasteiger partial charge in [-0.3, -0.25) is 19.7 Å². The number of rotatable bonds is 5. The normalized spacial score (nSPS) is 18.4. The highest BCUT2D eigenvalue weighted by Gasteiger charge is 2.33. The Kier molecular flexibility index (Phi) is 6.85. The van der Waals surface area contributed by atoms with Gasteiger partial charge in [-0.15, -0.1) is 11.3 Å². The van der Waals surface area contributed by atoms with Gasteiger partial charge in [-0.2, -0.15) is 4.99 Å². The molecule has 1 aromatic carbocycles. The SMILES string of the molecule is CC(C)(C)c1csc(NC(=O)c2ccc(NC(=O)CC3SC(N4CCCC4)=NC3=O)cc2)n1. The van der Waals surface area contributed by atoms with E-state index < -0.39 is 5.25 Å². The fourth-order valence-corrected chi connectivity index (χ4v) is 5.53. The molecule has 2 aliphatic heterocycles. The van der Waals surface area contributed by atoms with Crippen molar-refractivity contribution in [3.05, 3.63) is 40.9 Å². The Morgan fingerprint density at radius 1 is 1.12 bits per heavy atom. The van der Waals surface area contributed by atoms with Gasteiger partial charge in [0, 0.05) is 41.6 Å². The smallest absolute Gasteiger partial charge is 0.262 e. The number of carbonyl (C=O) groups excluding carboxylic acids is 3. The van der Waals surface area contributed by atoms with Crippen molar-refractivity contribution in [3.8, 4) is 0 Å². The molecule has 3 heterocycles. The fraction of sp³-hybridized carbons (Fsp3) is 0.435. The summed E-state index contributed by atoms with van der Waals surface area (Å²) in [6.45, 7) is 8.04. The van der Waals surface area contributed by atoms with Gasteiger partial charge >= 0.3 is 0 Å². The lowest BCUT2D eigenvalue weighted by Crippen LogP contribution is -2.25. The maximum absolute atomic E-state index is 12.5. The van der Waals surface area contributed by atoms with E-state index in [9.17, 15) is 14.4 Å². The van der Waals surface area contributed by atoms with Crippen LogP contribution in [0.3, 0.4) is 0 Å². The molecule has 8 nitrogen and oxygen atoms in total. The predicted molar refractivity (Wildman–Crippen MR) is 133 cm³/mol. The molecule has 1 unspecified atom stereocenters. The minimum atomic E-state index is -0.484. The quantitative estimate of drug-likeness (QED) is 0.660. The minimum absolute atomic E-state index is 0.0622. The van der Waals surface area contributed by atoms with Crippen LogP contribution >= 0.6 is 23.1 Å². The highest BCUT2D eigenvalue weighted by molar-refractivity contribution is 8.15. The zero-order valence-corrected chi connectivity index (χ0v) is 20.5. The van der Waals surface area contributed by atoms with Gasteiger partial charge in [0.05, 0.1) is 5.69 Å². The number of anilines is 2. The van der Waals surface area contributed by atoms with E-state index in [0.29, 0.717) is 16.4 Å². The van der Waals surface area contributed by atoms with Gasteiger partial charge < -0.3 is 10.2 Å². The molecular weight excluding hydrogens is 458 g/mol. The Hall–Kier alpha value is -2.72. The van der Waals surface area contributed by atoms with E-state index in [0.717, 1.165) is 36.8 Å². The van der Waals surface area contributed by atoms with E-state index in [-0.39, 0.29) is 29.6 Å². The molecule has 1 fully saturated rings. The lowest BCUT2D eigenvalue weighted by atomic mass is 9.93. The molecule has 0 saturated carbocycles. The summed E-state index contributed by atoms with van der Waals surface area (Å²) < 4.78 is 0. The third kappa shape index (κ3) is 5.80. The topological polar surface area (TPSA) is 104 Å². The molecule has 1 atom stereocenters. The van der Waals surface area contributed by atoms with Crippen molar-refractivity contribution in [2.75, 3.05) is 23.7 Å². The Morgan fingerprint density at radius 2 is 1.82 bits per heavy atom. The van der Waals surface area contributed by atoms with Gasteiger partial charge in [0.15, 0.2) is 10.3 Å². The van der Waals surface area contributed by atoms with Crippen molar-refractivity contribution in [3.63, 3.8) is 0 Å². The molecule has 0 aliphatic carbocycles. The number of thioether (sulfide) groups is 1. The van der Waals surface area contributed by atoms with E-state index in [1.165, 1.54) is 23.1 Å². The van der Waals surface area contributed by atoms with E-state index in [1.807, 2.05) is 5.38 Å². The average Bonchev–Trinajstić information content (AvgIpc) is 3.50. The van der Waals surface area contributed by atoms with Crippen LogP contribution in [0.25, 0.3) is 0 Å². The highest BCUT2D eigenvalue weighted by atomic mass is 32.2. The molecule has 0 radical (unpaired) electrons. The van der Waals surface area contributed by atoms with Crippen LogP contribution in [0.1, 0.15) is 56.1 Å². The van der Waals surface area contributed by atoms with Gasteiger partial charge in [0.2, 0.25) is 5.91 Å². The second kappa shape index (κ2) is 9.64. The number of nitrogens with one attached hydrogen (secondary N) is 2. The van der Waals surface area contributed by atoms with Crippen LogP contribution < -0.4 is 10.6 Å². The van der Waals surface area contributed by atoms with Crippen LogP contribution in [0, 0.1) is 0 Å². The summed E-state index contributed by atoms with van der Waals surface area (Å²) in [6, 6.07) is 6.64. The summed E-state index contributed by atoms with van der Waals surface area (Å²) in [5.74, 6) is -0.767. The number of aliphatic imine (C=N–C) groups is 1. The largest absolute Gasteiger partial charge is 0.351 e. The molecule has 2 N–H and O–H groups in total. The summed E-state index contributed by atoms with van der Waals surface area (Å²) in [4.78, 5) is 47.9. The van der Waals surface area contributed by atoms with Crippen LogP contribution in [0.4, 0.5) is 10.8 Å². The zero-order chi connectivity index (χ0) is 23.6. The standard InChI is InChI=1S/C23H27N5O3S2/c1-23(2,3)17-13-32-21(25-17)26-19(30)14-6-8-15(9-7-14)24-18(29)12-16-20(31)27-22(33-16)28-10-4-5-11-28/h6-9,13,16H,4-5,10-12H2,1-3H3,(H,24,29)(H,25,26,30). The Bertz CT molecular complexity index is 1080. The number of hydrogen-bond acceptors (Lipinski definition) is 7. The number of amidine groups is 1. The molecule has 33 heavy (non-hydrogen) atoms. The van der Waals surface area contributed by atoms with Crippen molar-refractivity contribution in [2.45, 2.75) is 50.7 Å². The summed E-state index contributed by atoms with van der Waals surface area (Å²) in [6.07, 6.45) is 2.27. The number of nitrogens with zero attached hydrogens (tertiary/aromatic N) is 3. The van der Waals surface area contributed by atoms with Crippen LogP contribution in [0.2, 0.25) is 0 Å². The van der Waals surface area contributed by atoms with Gasteiger partial charge in [-0.25, -0.2) is 4.98 Å². The van der Waals surface area contributed by atoms with Crippen molar-refractivity contribution in [1.82, 2.24) is 9.88 Å². The number of benzene rings is 1. The molecule has 1 aromatic heterocycles. The summed E-state index contributed by atoms with van der Waals surface area (Å²) >= 11 is 2.77. The van der Waals surface area contributed by atoms with Crippen LogP contribution in [0.15, 0.2) is 34.6 Å². The molecule has 0 bridgehead atoms. The number of aromatic nitrogens is 1. The predicted octanol–water partition coefficient (Wildman–Crippen LogP) is 4.12. The molecule has 1 saturated heterocycles. The minimum Gasteiger partial charge on any atom is -0.351 e. The molecule has 2 aliphatic rings. The van der Waals surface area contributed by atoms with E-state index in [4.69, 9.17) is 0 Å². The molecule has 2 aromatic rings. The summed E-state index contributed by atoms with van der Waals surface area (Å²) in [5, 5.41) is 8.36. The molecule has 10 heteroatoms. The van der Waals surface area contributed by atoms with Crippen LogP contribution in [-0.2, 0) is 15.0 Å². The van der Waals surface area contributed by atoms with Crippen LogP contribution in [-0.4, -0.2) is 51.1 Å². The molecule has 4 rings (SSSR count). The number of amides is 3. The molecule has 3 amide bonds. The van der Waals surface area contributed by atoms with Crippen molar-refractivity contribution < 1.29 is 14.4 Å². The molecule has 0 spiro atoms. The maximum atomic E-state index is 12.5. The van der Waals surface area contributed by atoms with Gasteiger partial charge in [0.25, 0.3) is 11.8 Å². The van der Waals surface area contributed by atoms with E-state index >= 15 is 0 Å². The lowest BCUT2D eigenvalue weighted by Gasteiger charge is -2.16. The first kappa shape index (κ1) is 23.4. The number of likely N-dealkylation sites (tertiary alicyclic amines) is 1. The lowest BCUT2D eigenvalue weighted by molar-refractivity contribution is -0.121. The highest BCUT2D eigenvalue weighted by Crippen LogP contribution is 2.29. The molecular formula is C23H27N5O3S2. The van der Waals surface area contributed by atoms with E-state index in [1.54, 1.807) is 24.3 Å². The fourth-order valence-electron chi connectivity index (χ4n) is 3.48. The number of thiazole rings is 1. The van der Waals surface area contributed by atoms with Crippen molar-refractivity contribution >= 4 is 56.8 Å². The Morgan fingerprint density at radius 3 is 2.45 bits per heavy atom. The van der Waals surface area contributed by atoms with Gasteiger partial charge in [0.1, 0.15) is 5.25 Å². The zero-order valence-electron chi connectivity index (χ0n) is 18.9. The maximum Gasteiger partial charge on any atom is 0.262 e. The van der Waals surface area contributed by atoms with Crippen molar-refractivity contribution in [2.24, 2.45) is 4.99 Å².